The quantitative estimate of drug-likeness (QED) is 0.735. The molecule has 0 aromatic heterocycles. The Morgan fingerprint density at radius 3 is 2.65 bits per heavy atom. The molecule has 0 unspecified atom stereocenters. The van der Waals surface area contributed by atoms with Gasteiger partial charge in [0, 0.05) is 20.8 Å². The molecule has 0 atom stereocenters. The van der Waals surface area contributed by atoms with Crippen molar-refractivity contribution < 1.29 is 9.47 Å². The van der Waals surface area contributed by atoms with E-state index in [1.165, 1.54) is 0 Å². The largest absolute Gasteiger partial charge is 0.351 e. The van der Waals surface area contributed by atoms with Gasteiger partial charge in [-0.05, 0) is 17.7 Å². The Morgan fingerprint density at radius 1 is 1.35 bits per heavy atom. The SMILES string of the molecule is COC1(OC)CN(Cc2cccc(C#N)c2)C1. The highest BCUT2D eigenvalue weighted by Crippen LogP contribution is 2.26. The minimum atomic E-state index is -0.438. The number of rotatable bonds is 4. The molecule has 0 spiro atoms. The summed E-state index contributed by atoms with van der Waals surface area (Å²) in [5.41, 5.74) is 1.85. The molecule has 0 saturated carbocycles. The summed E-state index contributed by atoms with van der Waals surface area (Å²) in [6.07, 6.45) is 0. The van der Waals surface area contributed by atoms with Gasteiger partial charge in [-0.2, -0.15) is 5.26 Å². The van der Waals surface area contributed by atoms with E-state index in [-0.39, 0.29) is 0 Å². The first-order valence-corrected chi connectivity index (χ1v) is 5.53. The number of hydrogen-bond donors (Lipinski definition) is 0. The number of nitrogens with zero attached hydrogens (tertiary/aromatic N) is 2. The number of benzene rings is 1. The molecular formula is C13H16N2O2. The lowest BCUT2D eigenvalue weighted by Crippen LogP contribution is -2.63. The summed E-state index contributed by atoms with van der Waals surface area (Å²) in [6, 6.07) is 9.82. The number of nitriles is 1. The fourth-order valence-electron chi connectivity index (χ4n) is 2.09. The predicted molar refractivity (Wildman–Crippen MR) is 63.2 cm³/mol. The first-order chi connectivity index (χ1) is 8.21. The van der Waals surface area contributed by atoms with Crippen LogP contribution in [-0.4, -0.2) is 38.0 Å². The van der Waals surface area contributed by atoms with Crippen LogP contribution in [0.4, 0.5) is 0 Å². The summed E-state index contributed by atoms with van der Waals surface area (Å²) in [5.74, 6) is -0.438. The Hall–Kier alpha value is -1.41. The van der Waals surface area contributed by atoms with E-state index < -0.39 is 5.79 Å². The van der Waals surface area contributed by atoms with Crippen LogP contribution >= 0.6 is 0 Å². The van der Waals surface area contributed by atoms with Crippen LogP contribution in [0, 0.1) is 11.3 Å². The molecule has 1 saturated heterocycles. The van der Waals surface area contributed by atoms with E-state index in [4.69, 9.17) is 14.7 Å². The third kappa shape index (κ3) is 2.47. The van der Waals surface area contributed by atoms with E-state index in [9.17, 15) is 0 Å². The minimum Gasteiger partial charge on any atom is -0.351 e. The van der Waals surface area contributed by atoms with Crippen molar-refractivity contribution in [2.45, 2.75) is 12.3 Å². The topological polar surface area (TPSA) is 45.5 Å². The van der Waals surface area contributed by atoms with Gasteiger partial charge in [0.05, 0.1) is 24.7 Å². The second-order valence-electron chi connectivity index (χ2n) is 4.28. The van der Waals surface area contributed by atoms with Gasteiger partial charge in [-0.1, -0.05) is 12.1 Å². The van der Waals surface area contributed by atoms with Crippen LogP contribution in [0.15, 0.2) is 24.3 Å². The maximum atomic E-state index is 8.82. The van der Waals surface area contributed by atoms with Gasteiger partial charge in [-0.3, -0.25) is 4.90 Å². The maximum Gasteiger partial charge on any atom is 0.193 e. The number of hydrogen-bond acceptors (Lipinski definition) is 4. The zero-order valence-corrected chi connectivity index (χ0v) is 10.1. The molecule has 1 aromatic rings. The maximum absolute atomic E-state index is 8.82. The van der Waals surface area contributed by atoms with Crippen LogP contribution in [0.2, 0.25) is 0 Å². The molecule has 0 radical (unpaired) electrons. The fraction of sp³-hybridized carbons (Fsp3) is 0.462. The summed E-state index contributed by atoms with van der Waals surface area (Å²) in [6.45, 7) is 2.34. The molecule has 2 rings (SSSR count). The third-order valence-corrected chi connectivity index (χ3v) is 3.14. The molecule has 0 bridgehead atoms. The number of likely N-dealkylation sites (tertiary alicyclic amines) is 1. The van der Waals surface area contributed by atoms with Gasteiger partial charge in [0.15, 0.2) is 5.79 Å². The zero-order valence-electron chi connectivity index (χ0n) is 10.1. The predicted octanol–water partition coefficient (Wildman–Crippen LogP) is 1.36. The van der Waals surface area contributed by atoms with E-state index in [2.05, 4.69) is 11.0 Å². The molecule has 1 aliphatic heterocycles. The van der Waals surface area contributed by atoms with Gasteiger partial charge < -0.3 is 9.47 Å². The second-order valence-corrected chi connectivity index (χ2v) is 4.28. The first kappa shape index (κ1) is 12.1. The van der Waals surface area contributed by atoms with Crippen LogP contribution in [0.3, 0.4) is 0 Å². The fourth-order valence-corrected chi connectivity index (χ4v) is 2.09. The van der Waals surface area contributed by atoms with Crippen molar-refractivity contribution in [3.05, 3.63) is 35.4 Å². The second kappa shape index (κ2) is 4.84. The molecule has 1 fully saturated rings. The summed E-state index contributed by atoms with van der Waals surface area (Å²) in [5, 5.41) is 8.82. The van der Waals surface area contributed by atoms with Gasteiger partial charge in [0.2, 0.25) is 0 Å². The minimum absolute atomic E-state index is 0.438. The molecule has 17 heavy (non-hydrogen) atoms. The summed E-state index contributed by atoms with van der Waals surface area (Å²) in [4.78, 5) is 2.23. The van der Waals surface area contributed by atoms with Crippen molar-refractivity contribution in [2.24, 2.45) is 0 Å². The number of methoxy groups -OCH3 is 2. The van der Waals surface area contributed by atoms with Crippen molar-refractivity contribution >= 4 is 0 Å². The summed E-state index contributed by atoms with van der Waals surface area (Å²) >= 11 is 0. The van der Waals surface area contributed by atoms with E-state index in [1.54, 1.807) is 14.2 Å². The van der Waals surface area contributed by atoms with Crippen LogP contribution in [-0.2, 0) is 16.0 Å². The zero-order chi connectivity index (χ0) is 12.3. The summed E-state index contributed by atoms with van der Waals surface area (Å²) < 4.78 is 10.6. The van der Waals surface area contributed by atoms with Crippen molar-refractivity contribution in [2.75, 3.05) is 27.3 Å². The molecule has 90 valence electrons. The van der Waals surface area contributed by atoms with Gasteiger partial charge in [-0.25, -0.2) is 0 Å². The Bertz CT molecular complexity index is 427. The lowest BCUT2D eigenvalue weighted by Gasteiger charge is -2.47. The first-order valence-electron chi connectivity index (χ1n) is 5.53. The molecular weight excluding hydrogens is 216 g/mol. The van der Waals surface area contributed by atoms with Gasteiger partial charge in [-0.15, -0.1) is 0 Å². The molecule has 1 aromatic carbocycles. The van der Waals surface area contributed by atoms with Crippen LogP contribution in [0.5, 0.6) is 0 Å². The highest BCUT2D eigenvalue weighted by atomic mass is 16.7. The van der Waals surface area contributed by atoms with Crippen molar-refractivity contribution in [1.82, 2.24) is 4.90 Å². The van der Waals surface area contributed by atoms with Crippen molar-refractivity contribution in [3.8, 4) is 6.07 Å². The average molecular weight is 232 g/mol. The highest BCUT2D eigenvalue weighted by molar-refractivity contribution is 5.32. The Kier molecular flexibility index (Phi) is 3.43. The van der Waals surface area contributed by atoms with E-state index in [0.29, 0.717) is 5.56 Å². The third-order valence-electron chi connectivity index (χ3n) is 3.14. The lowest BCUT2D eigenvalue weighted by molar-refractivity contribution is -0.277. The Morgan fingerprint density at radius 2 is 2.06 bits per heavy atom. The van der Waals surface area contributed by atoms with Crippen molar-refractivity contribution in [1.29, 1.82) is 5.26 Å². The average Bonchev–Trinajstić information content (AvgIpc) is 2.33. The highest BCUT2D eigenvalue weighted by Gasteiger charge is 2.43. The Labute approximate surface area is 101 Å². The van der Waals surface area contributed by atoms with Crippen LogP contribution in [0.25, 0.3) is 0 Å². The monoisotopic (exact) mass is 232 g/mol. The van der Waals surface area contributed by atoms with E-state index >= 15 is 0 Å². The smallest absolute Gasteiger partial charge is 0.193 e. The normalized spacial score (nSPS) is 18.4. The molecule has 4 heteroatoms. The van der Waals surface area contributed by atoms with Crippen molar-refractivity contribution in [3.63, 3.8) is 0 Å². The van der Waals surface area contributed by atoms with E-state index in [1.807, 2.05) is 24.3 Å². The molecule has 0 amide bonds. The Balaban J connectivity index is 1.94. The standard InChI is InChI=1S/C13H16N2O2/c1-16-13(17-2)9-15(10-13)8-12-5-3-4-11(6-12)7-14/h3-6H,8-10H2,1-2H3. The van der Waals surface area contributed by atoms with Gasteiger partial charge >= 0.3 is 0 Å². The molecule has 0 aliphatic carbocycles. The molecule has 1 heterocycles. The number of ether oxygens (including phenoxy) is 2. The van der Waals surface area contributed by atoms with Crippen LogP contribution < -0.4 is 0 Å². The molecule has 0 N–H and O–H groups in total. The van der Waals surface area contributed by atoms with Gasteiger partial charge in [0.25, 0.3) is 0 Å². The van der Waals surface area contributed by atoms with E-state index in [0.717, 1.165) is 25.2 Å². The molecule has 1 aliphatic rings. The van der Waals surface area contributed by atoms with Gasteiger partial charge in [0.1, 0.15) is 0 Å². The molecule has 4 nitrogen and oxygen atoms in total. The summed E-state index contributed by atoms with van der Waals surface area (Å²) in [7, 11) is 3.33. The van der Waals surface area contributed by atoms with Crippen LogP contribution in [0.1, 0.15) is 11.1 Å². The lowest BCUT2D eigenvalue weighted by atomic mass is 10.0.